The number of thioether (sulfide) groups is 1. The molecule has 1 aromatic heterocycles. The summed E-state index contributed by atoms with van der Waals surface area (Å²) in [7, 11) is 0. The van der Waals surface area contributed by atoms with Gasteiger partial charge in [-0.25, -0.2) is 4.79 Å². The molecule has 2 aromatic rings. The molecule has 0 aliphatic rings. The van der Waals surface area contributed by atoms with Crippen LogP contribution in [0.25, 0.3) is 11.0 Å². The Bertz CT molecular complexity index is 627. The van der Waals surface area contributed by atoms with E-state index in [1.54, 1.807) is 19.1 Å². The van der Waals surface area contributed by atoms with Crippen molar-refractivity contribution in [2.24, 2.45) is 5.73 Å². The van der Waals surface area contributed by atoms with Crippen molar-refractivity contribution in [1.82, 2.24) is 0 Å². The van der Waals surface area contributed by atoms with Crippen molar-refractivity contribution >= 4 is 46.3 Å². The van der Waals surface area contributed by atoms with E-state index in [1.807, 2.05) is 12.1 Å². The summed E-state index contributed by atoms with van der Waals surface area (Å²) >= 11 is 1.25. The molecule has 0 unspecified atom stereocenters. The molecule has 0 spiro atoms. The van der Waals surface area contributed by atoms with E-state index in [2.05, 4.69) is 0 Å². The Labute approximate surface area is 126 Å². The SMILES string of the molecule is CCOC(=O)c1cc2cc(CSC(=N)N)ccc2o1.Cl. The van der Waals surface area contributed by atoms with Gasteiger partial charge in [-0.3, -0.25) is 5.41 Å². The standard InChI is InChI=1S/C13H14N2O3S.ClH/c1-2-17-12(16)11-6-9-5-8(7-19-13(14)15)3-4-10(9)18-11;/h3-6H,2,7H2,1H3,(H3,14,15);1H. The number of rotatable bonds is 4. The van der Waals surface area contributed by atoms with Crippen LogP contribution in [0.5, 0.6) is 0 Å². The smallest absolute Gasteiger partial charge is 0.374 e. The lowest BCUT2D eigenvalue weighted by Gasteiger charge is -1.99. The molecule has 108 valence electrons. The maximum Gasteiger partial charge on any atom is 0.374 e. The zero-order chi connectivity index (χ0) is 13.8. The largest absolute Gasteiger partial charge is 0.460 e. The number of fused-ring (bicyclic) bond motifs is 1. The molecular weight excluding hydrogens is 300 g/mol. The Morgan fingerprint density at radius 1 is 1.45 bits per heavy atom. The Morgan fingerprint density at radius 2 is 2.20 bits per heavy atom. The number of halogens is 1. The summed E-state index contributed by atoms with van der Waals surface area (Å²) in [5, 5.41) is 8.09. The molecule has 3 N–H and O–H groups in total. The van der Waals surface area contributed by atoms with Crippen LogP contribution in [0.2, 0.25) is 0 Å². The number of ether oxygens (including phenoxy) is 1. The van der Waals surface area contributed by atoms with E-state index in [0.717, 1.165) is 10.9 Å². The van der Waals surface area contributed by atoms with Gasteiger partial charge in [-0.15, -0.1) is 12.4 Å². The average molecular weight is 315 g/mol. The highest BCUT2D eigenvalue weighted by Crippen LogP contribution is 2.23. The molecule has 0 amide bonds. The predicted octanol–water partition coefficient (Wildman–Crippen LogP) is 3.16. The third-order valence-electron chi connectivity index (χ3n) is 2.45. The number of hydrogen-bond donors (Lipinski definition) is 2. The van der Waals surface area contributed by atoms with E-state index >= 15 is 0 Å². The number of furan rings is 1. The number of hydrogen-bond acceptors (Lipinski definition) is 5. The number of carbonyl (C=O) groups is 1. The summed E-state index contributed by atoms with van der Waals surface area (Å²) in [5.41, 5.74) is 6.95. The molecule has 0 atom stereocenters. The van der Waals surface area contributed by atoms with Crippen LogP contribution in [0.15, 0.2) is 28.7 Å². The minimum absolute atomic E-state index is 0. The minimum Gasteiger partial charge on any atom is -0.460 e. The zero-order valence-electron chi connectivity index (χ0n) is 10.8. The van der Waals surface area contributed by atoms with Gasteiger partial charge in [0.05, 0.1) is 6.61 Å². The average Bonchev–Trinajstić information content (AvgIpc) is 2.79. The monoisotopic (exact) mass is 314 g/mol. The molecule has 0 aliphatic heterocycles. The van der Waals surface area contributed by atoms with Crippen LogP contribution in [0.4, 0.5) is 0 Å². The topological polar surface area (TPSA) is 89.3 Å². The highest BCUT2D eigenvalue weighted by atomic mass is 35.5. The van der Waals surface area contributed by atoms with Gasteiger partial charge in [-0.05, 0) is 30.7 Å². The molecule has 0 aliphatic carbocycles. The molecule has 2 rings (SSSR count). The van der Waals surface area contributed by atoms with Crippen LogP contribution in [0, 0.1) is 5.41 Å². The molecule has 0 bridgehead atoms. The van der Waals surface area contributed by atoms with Crippen LogP contribution in [0.1, 0.15) is 23.0 Å². The van der Waals surface area contributed by atoms with Gasteiger partial charge in [0.2, 0.25) is 5.76 Å². The number of nitrogens with two attached hydrogens (primary N) is 1. The fourth-order valence-corrected chi connectivity index (χ4v) is 2.15. The van der Waals surface area contributed by atoms with E-state index in [1.165, 1.54) is 11.8 Å². The van der Waals surface area contributed by atoms with Gasteiger partial charge in [-0.2, -0.15) is 0 Å². The summed E-state index contributed by atoms with van der Waals surface area (Å²) in [6.45, 7) is 2.06. The highest BCUT2D eigenvalue weighted by molar-refractivity contribution is 8.13. The predicted molar refractivity (Wildman–Crippen MR) is 82.6 cm³/mol. The second-order valence-electron chi connectivity index (χ2n) is 3.86. The third-order valence-corrected chi connectivity index (χ3v) is 3.24. The van der Waals surface area contributed by atoms with Gasteiger partial charge in [0.1, 0.15) is 5.58 Å². The van der Waals surface area contributed by atoms with Gasteiger partial charge >= 0.3 is 5.97 Å². The van der Waals surface area contributed by atoms with Crippen molar-refractivity contribution in [2.75, 3.05) is 6.61 Å². The molecular formula is C13H15ClN2O3S. The van der Waals surface area contributed by atoms with Crippen molar-refractivity contribution in [3.63, 3.8) is 0 Å². The van der Waals surface area contributed by atoms with Crippen molar-refractivity contribution in [2.45, 2.75) is 12.7 Å². The van der Waals surface area contributed by atoms with Gasteiger partial charge in [0.25, 0.3) is 0 Å². The van der Waals surface area contributed by atoms with E-state index < -0.39 is 5.97 Å². The lowest BCUT2D eigenvalue weighted by Crippen LogP contribution is -2.03. The lowest BCUT2D eigenvalue weighted by molar-refractivity contribution is 0.0492. The maximum atomic E-state index is 11.5. The normalized spacial score (nSPS) is 10.1. The summed E-state index contributed by atoms with van der Waals surface area (Å²) in [5.74, 6) is 0.358. The second kappa shape index (κ2) is 7.21. The molecule has 1 heterocycles. The van der Waals surface area contributed by atoms with Crippen molar-refractivity contribution in [3.05, 3.63) is 35.6 Å². The Hall–Kier alpha value is -1.66. The first-order chi connectivity index (χ1) is 9.10. The molecule has 5 nitrogen and oxygen atoms in total. The number of nitrogens with one attached hydrogen (secondary N) is 1. The molecule has 7 heteroatoms. The first-order valence-corrected chi connectivity index (χ1v) is 6.75. The van der Waals surface area contributed by atoms with E-state index in [0.29, 0.717) is 17.9 Å². The highest BCUT2D eigenvalue weighted by Gasteiger charge is 2.13. The van der Waals surface area contributed by atoms with Gasteiger partial charge < -0.3 is 14.9 Å². The van der Waals surface area contributed by atoms with Gasteiger partial charge in [0.15, 0.2) is 5.17 Å². The second-order valence-corrected chi connectivity index (χ2v) is 4.87. The zero-order valence-corrected chi connectivity index (χ0v) is 12.5. The van der Waals surface area contributed by atoms with Crippen LogP contribution in [0.3, 0.4) is 0 Å². The molecule has 0 saturated heterocycles. The fraction of sp³-hybridized carbons (Fsp3) is 0.231. The molecule has 0 saturated carbocycles. The molecule has 0 fully saturated rings. The lowest BCUT2D eigenvalue weighted by atomic mass is 10.2. The van der Waals surface area contributed by atoms with Crippen LogP contribution < -0.4 is 5.73 Å². The van der Waals surface area contributed by atoms with E-state index in [9.17, 15) is 4.79 Å². The maximum absolute atomic E-state index is 11.5. The van der Waals surface area contributed by atoms with Crippen LogP contribution in [-0.4, -0.2) is 17.7 Å². The van der Waals surface area contributed by atoms with E-state index in [-0.39, 0.29) is 23.3 Å². The van der Waals surface area contributed by atoms with E-state index in [4.69, 9.17) is 20.3 Å². The summed E-state index contributed by atoms with van der Waals surface area (Å²) in [4.78, 5) is 11.5. The number of amidine groups is 1. The third kappa shape index (κ3) is 3.91. The Balaban J connectivity index is 0.00000200. The van der Waals surface area contributed by atoms with Crippen molar-refractivity contribution < 1.29 is 13.9 Å². The van der Waals surface area contributed by atoms with Gasteiger partial charge in [-0.1, -0.05) is 17.8 Å². The number of carbonyl (C=O) groups excluding carboxylic acids is 1. The van der Waals surface area contributed by atoms with Crippen molar-refractivity contribution in [3.8, 4) is 0 Å². The Kier molecular flexibility index (Phi) is 5.91. The quantitative estimate of drug-likeness (QED) is 0.514. The summed E-state index contributed by atoms with van der Waals surface area (Å²) < 4.78 is 10.3. The fourth-order valence-electron chi connectivity index (χ4n) is 1.65. The summed E-state index contributed by atoms with van der Waals surface area (Å²) in [6.07, 6.45) is 0. The first-order valence-electron chi connectivity index (χ1n) is 5.76. The number of benzene rings is 1. The Morgan fingerprint density at radius 3 is 2.85 bits per heavy atom. The summed E-state index contributed by atoms with van der Waals surface area (Å²) in [6, 6.07) is 7.26. The molecule has 1 aromatic carbocycles. The first kappa shape index (κ1) is 16.4. The van der Waals surface area contributed by atoms with Gasteiger partial charge in [0, 0.05) is 11.1 Å². The molecule has 20 heavy (non-hydrogen) atoms. The minimum atomic E-state index is -0.460. The van der Waals surface area contributed by atoms with Crippen molar-refractivity contribution in [1.29, 1.82) is 5.41 Å². The number of esters is 1. The molecule has 0 radical (unpaired) electrons. The van der Waals surface area contributed by atoms with Crippen LogP contribution in [-0.2, 0) is 10.5 Å². The van der Waals surface area contributed by atoms with Crippen LogP contribution >= 0.6 is 24.2 Å².